The highest BCUT2D eigenvalue weighted by molar-refractivity contribution is 5.64. The molecule has 9 nitrogen and oxygen atoms in total. The van der Waals surface area contributed by atoms with Crippen molar-refractivity contribution in [3.8, 4) is 22.8 Å². The van der Waals surface area contributed by atoms with Gasteiger partial charge in [0.15, 0.2) is 0 Å². The van der Waals surface area contributed by atoms with Gasteiger partial charge < -0.3 is 29.4 Å². The van der Waals surface area contributed by atoms with Crippen molar-refractivity contribution in [1.29, 1.82) is 0 Å². The van der Waals surface area contributed by atoms with Crippen molar-refractivity contribution in [2.75, 3.05) is 38.3 Å². The zero-order valence-corrected chi connectivity index (χ0v) is 21.7. The SMILES string of the molecule is CC(C)(C)OC(O)NCCCc1ccc2cc1OCCOCCOc1cccc(c1)-c1ccnc(n1)N2. The zero-order valence-electron chi connectivity index (χ0n) is 21.7. The molecule has 0 saturated heterocycles. The van der Waals surface area contributed by atoms with Gasteiger partial charge in [-0.05, 0) is 63.4 Å². The summed E-state index contributed by atoms with van der Waals surface area (Å²) in [5, 5.41) is 16.3. The molecule has 1 unspecified atom stereocenters. The van der Waals surface area contributed by atoms with Gasteiger partial charge in [0.05, 0.1) is 24.5 Å². The number of benzene rings is 2. The van der Waals surface area contributed by atoms with Crippen LogP contribution in [0.4, 0.5) is 11.6 Å². The molecule has 4 rings (SSSR count). The summed E-state index contributed by atoms with van der Waals surface area (Å²) in [7, 11) is 0. The summed E-state index contributed by atoms with van der Waals surface area (Å²) in [6, 6.07) is 15.7. The quantitative estimate of drug-likeness (QED) is 0.332. The van der Waals surface area contributed by atoms with Crippen molar-refractivity contribution < 1.29 is 24.1 Å². The molecule has 3 aromatic rings. The minimum atomic E-state index is -1.00. The Morgan fingerprint density at radius 3 is 2.73 bits per heavy atom. The maximum atomic E-state index is 10.00. The van der Waals surface area contributed by atoms with Gasteiger partial charge in [-0.3, -0.25) is 5.32 Å². The summed E-state index contributed by atoms with van der Waals surface area (Å²) in [4.78, 5) is 9.07. The second-order valence-electron chi connectivity index (χ2n) is 9.69. The summed E-state index contributed by atoms with van der Waals surface area (Å²) >= 11 is 0. The van der Waals surface area contributed by atoms with E-state index < -0.39 is 12.0 Å². The summed E-state index contributed by atoms with van der Waals surface area (Å²) in [5.74, 6) is 2.02. The van der Waals surface area contributed by atoms with Gasteiger partial charge >= 0.3 is 0 Å². The van der Waals surface area contributed by atoms with E-state index in [4.69, 9.17) is 18.9 Å². The van der Waals surface area contributed by atoms with E-state index in [2.05, 4.69) is 20.6 Å². The molecule has 1 aliphatic heterocycles. The van der Waals surface area contributed by atoms with E-state index >= 15 is 0 Å². The van der Waals surface area contributed by atoms with E-state index in [0.29, 0.717) is 38.9 Å². The number of rotatable bonds is 6. The molecular formula is C28H36N4O5. The van der Waals surface area contributed by atoms with E-state index in [1.54, 1.807) is 6.20 Å². The fourth-order valence-electron chi connectivity index (χ4n) is 3.84. The number of aliphatic hydroxyl groups is 1. The van der Waals surface area contributed by atoms with Crippen molar-refractivity contribution in [3.05, 3.63) is 60.3 Å². The van der Waals surface area contributed by atoms with Gasteiger partial charge in [-0.15, -0.1) is 0 Å². The molecule has 37 heavy (non-hydrogen) atoms. The molecule has 6 bridgehead atoms. The van der Waals surface area contributed by atoms with Gasteiger partial charge in [0.1, 0.15) is 24.7 Å². The molecule has 0 amide bonds. The van der Waals surface area contributed by atoms with Gasteiger partial charge in [0.25, 0.3) is 0 Å². The summed E-state index contributed by atoms with van der Waals surface area (Å²) in [5.41, 5.74) is 3.20. The van der Waals surface area contributed by atoms with Crippen LogP contribution < -0.4 is 20.1 Å². The Balaban J connectivity index is 1.47. The van der Waals surface area contributed by atoms with Crippen molar-refractivity contribution >= 4 is 11.6 Å². The first-order valence-corrected chi connectivity index (χ1v) is 12.6. The van der Waals surface area contributed by atoms with E-state index in [0.717, 1.165) is 46.8 Å². The standard InChI is InChI=1S/C28H36N4O5/c1-28(2,3)37-27(33)30-12-5-7-20-9-10-22-19-25(20)36-17-15-34-14-16-35-23-8-4-6-21(18-23)24-11-13-29-26(31-22)32-24/h4,6,8-11,13,18-19,27,30,33H,5,7,12,14-17H2,1-3H3,(H,29,31,32). The van der Waals surface area contributed by atoms with E-state index in [1.807, 2.05) is 69.3 Å². The number of aliphatic hydroxyl groups excluding tert-OH is 1. The largest absolute Gasteiger partial charge is 0.491 e. The summed E-state index contributed by atoms with van der Waals surface area (Å²) in [6.45, 7) is 8.07. The number of anilines is 2. The summed E-state index contributed by atoms with van der Waals surface area (Å²) < 4.78 is 23.1. The number of nitrogens with one attached hydrogen (secondary N) is 2. The second kappa shape index (κ2) is 12.8. The monoisotopic (exact) mass is 508 g/mol. The van der Waals surface area contributed by atoms with Crippen molar-refractivity contribution in [2.45, 2.75) is 45.6 Å². The molecule has 3 N–H and O–H groups in total. The number of aromatic nitrogens is 2. The van der Waals surface area contributed by atoms with Crippen LogP contribution in [0.25, 0.3) is 11.3 Å². The third-order valence-corrected chi connectivity index (χ3v) is 5.50. The molecule has 9 heteroatoms. The number of nitrogens with zero attached hydrogens (tertiary/aromatic N) is 2. The lowest BCUT2D eigenvalue weighted by molar-refractivity contribution is -0.181. The Kier molecular flexibility index (Phi) is 9.29. The van der Waals surface area contributed by atoms with E-state index in [-0.39, 0.29) is 0 Å². The lowest BCUT2D eigenvalue weighted by atomic mass is 10.1. The Morgan fingerprint density at radius 2 is 1.89 bits per heavy atom. The number of hydrogen-bond acceptors (Lipinski definition) is 9. The number of ether oxygens (including phenoxy) is 4. The Morgan fingerprint density at radius 1 is 1.05 bits per heavy atom. The zero-order chi connectivity index (χ0) is 26.1. The van der Waals surface area contributed by atoms with Crippen LogP contribution in [0.2, 0.25) is 0 Å². The third kappa shape index (κ3) is 8.68. The molecule has 198 valence electrons. The molecular weight excluding hydrogens is 472 g/mol. The topological polar surface area (TPSA) is 107 Å². The molecule has 0 aliphatic carbocycles. The van der Waals surface area contributed by atoms with Crippen molar-refractivity contribution in [3.63, 3.8) is 0 Å². The average molecular weight is 509 g/mol. The Bertz CT molecular complexity index is 1150. The van der Waals surface area contributed by atoms with Gasteiger partial charge in [-0.25, -0.2) is 9.97 Å². The Hall–Kier alpha value is -3.24. The number of hydrogen-bond donors (Lipinski definition) is 3. The van der Waals surface area contributed by atoms with Crippen LogP contribution in [0.15, 0.2) is 54.7 Å². The first-order chi connectivity index (χ1) is 17.9. The molecule has 0 fully saturated rings. The summed E-state index contributed by atoms with van der Waals surface area (Å²) in [6.07, 6.45) is 2.29. The van der Waals surface area contributed by atoms with Crippen LogP contribution in [-0.2, 0) is 15.9 Å². The highest BCUT2D eigenvalue weighted by atomic mass is 16.6. The first kappa shape index (κ1) is 26.8. The molecule has 1 aliphatic rings. The predicted octanol–water partition coefficient (Wildman–Crippen LogP) is 4.29. The Labute approximate surface area is 218 Å². The van der Waals surface area contributed by atoms with Crippen LogP contribution >= 0.6 is 0 Å². The van der Waals surface area contributed by atoms with Crippen LogP contribution in [0.5, 0.6) is 11.5 Å². The maximum Gasteiger partial charge on any atom is 0.227 e. The number of aryl methyl sites for hydroxylation is 1. The normalized spacial score (nSPS) is 15.0. The fraction of sp³-hybridized carbons (Fsp3) is 0.429. The molecule has 1 aromatic heterocycles. The van der Waals surface area contributed by atoms with Crippen molar-refractivity contribution in [1.82, 2.24) is 15.3 Å². The second-order valence-corrected chi connectivity index (χ2v) is 9.69. The molecule has 2 heterocycles. The average Bonchev–Trinajstić information content (AvgIpc) is 2.86. The smallest absolute Gasteiger partial charge is 0.227 e. The van der Waals surface area contributed by atoms with E-state index in [9.17, 15) is 5.11 Å². The van der Waals surface area contributed by atoms with E-state index in [1.165, 1.54) is 0 Å². The van der Waals surface area contributed by atoms with Gasteiger partial charge in [-0.2, -0.15) is 0 Å². The highest BCUT2D eigenvalue weighted by Crippen LogP contribution is 2.28. The van der Waals surface area contributed by atoms with Crippen LogP contribution in [0.3, 0.4) is 0 Å². The minimum Gasteiger partial charge on any atom is -0.491 e. The van der Waals surface area contributed by atoms with Gasteiger partial charge in [-0.1, -0.05) is 18.2 Å². The highest BCUT2D eigenvalue weighted by Gasteiger charge is 2.16. The lowest BCUT2D eigenvalue weighted by Gasteiger charge is -2.24. The third-order valence-electron chi connectivity index (χ3n) is 5.50. The van der Waals surface area contributed by atoms with Gasteiger partial charge in [0.2, 0.25) is 12.4 Å². The lowest BCUT2D eigenvalue weighted by Crippen LogP contribution is -2.38. The molecule has 0 radical (unpaired) electrons. The molecule has 0 saturated carbocycles. The minimum absolute atomic E-state index is 0.411. The van der Waals surface area contributed by atoms with Gasteiger partial charge in [0, 0.05) is 30.1 Å². The van der Waals surface area contributed by atoms with Crippen molar-refractivity contribution in [2.24, 2.45) is 0 Å². The predicted molar refractivity (Wildman–Crippen MR) is 142 cm³/mol. The number of fused-ring (bicyclic) bond motifs is 7. The van der Waals surface area contributed by atoms with Crippen LogP contribution in [0, 0.1) is 0 Å². The first-order valence-electron chi connectivity index (χ1n) is 12.6. The van der Waals surface area contributed by atoms with Crippen LogP contribution in [0.1, 0.15) is 32.8 Å². The molecule has 1 atom stereocenters. The maximum absolute atomic E-state index is 10.00. The van der Waals surface area contributed by atoms with Crippen LogP contribution in [-0.4, -0.2) is 60.1 Å². The molecule has 0 spiro atoms. The molecule has 2 aromatic carbocycles. The fourth-order valence-corrected chi connectivity index (χ4v) is 3.84.